The molecule has 114 valence electrons. The van der Waals surface area contributed by atoms with Crippen molar-refractivity contribution in [1.82, 2.24) is 10.6 Å². The fourth-order valence-corrected chi connectivity index (χ4v) is 1.84. The molecule has 0 amide bonds. The van der Waals surface area contributed by atoms with Gasteiger partial charge in [0.2, 0.25) is 0 Å². The van der Waals surface area contributed by atoms with Gasteiger partial charge in [-0.3, -0.25) is 0 Å². The van der Waals surface area contributed by atoms with Crippen molar-refractivity contribution in [2.75, 3.05) is 40.0 Å². The zero-order valence-corrected chi connectivity index (χ0v) is 12.4. The van der Waals surface area contributed by atoms with E-state index in [2.05, 4.69) is 17.6 Å². The number of nitrogens with one attached hydrogen (secondary N) is 2. The Morgan fingerprint density at radius 1 is 1.15 bits per heavy atom. The van der Waals surface area contributed by atoms with E-state index in [1.807, 2.05) is 18.2 Å². The van der Waals surface area contributed by atoms with E-state index in [1.54, 1.807) is 7.11 Å². The van der Waals surface area contributed by atoms with Crippen LogP contribution in [0.5, 0.6) is 11.5 Å². The molecule has 0 aromatic heterocycles. The maximum atomic E-state index is 8.77. The summed E-state index contributed by atoms with van der Waals surface area (Å²) in [6.07, 6.45) is 1.11. The Hall–Kier alpha value is -1.30. The number of aliphatic hydroxyl groups excluding tert-OH is 1. The molecular weight excluding hydrogens is 256 g/mol. The summed E-state index contributed by atoms with van der Waals surface area (Å²) >= 11 is 0. The SMILES string of the molecule is CCNCCCNCc1ccc(OCCO)c(OC)c1. The second kappa shape index (κ2) is 10.5. The summed E-state index contributed by atoms with van der Waals surface area (Å²) in [6.45, 7) is 6.24. The molecule has 1 rings (SSSR count). The molecule has 0 heterocycles. The Morgan fingerprint density at radius 3 is 2.65 bits per heavy atom. The maximum absolute atomic E-state index is 8.77. The first-order valence-corrected chi connectivity index (χ1v) is 7.13. The second-order valence-corrected chi connectivity index (χ2v) is 4.44. The molecule has 0 saturated heterocycles. The molecule has 5 nitrogen and oxygen atoms in total. The Balaban J connectivity index is 2.38. The van der Waals surface area contributed by atoms with Crippen LogP contribution in [0.2, 0.25) is 0 Å². The van der Waals surface area contributed by atoms with Gasteiger partial charge in [-0.15, -0.1) is 0 Å². The fourth-order valence-electron chi connectivity index (χ4n) is 1.84. The van der Waals surface area contributed by atoms with Gasteiger partial charge in [0.1, 0.15) is 6.61 Å². The van der Waals surface area contributed by atoms with E-state index >= 15 is 0 Å². The van der Waals surface area contributed by atoms with Crippen molar-refractivity contribution in [2.45, 2.75) is 19.9 Å². The lowest BCUT2D eigenvalue weighted by Gasteiger charge is -2.12. The van der Waals surface area contributed by atoms with Crippen LogP contribution in [0.15, 0.2) is 18.2 Å². The van der Waals surface area contributed by atoms with E-state index in [-0.39, 0.29) is 13.2 Å². The lowest BCUT2D eigenvalue weighted by Crippen LogP contribution is -2.21. The van der Waals surface area contributed by atoms with Crippen LogP contribution in [0.3, 0.4) is 0 Å². The van der Waals surface area contributed by atoms with Crippen LogP contribution in [-0.4, -0.2) is 45.1 Å². The minimum atomic E-state index is -0.00173. The van der Waals surface area contributed by atoms with Crippen LogP contribution in [0.25, 0.3) is 0 Å². The Bertz CT molecular complexity index is 372. The van der Waals surface area contributed by atoms with Crippen molar-refractivity contribution in [3.63, 3.8) is 0 Å². The van der Waals surface area contributed by atoms with Crippen LogP contribution >= 0.6 is 0 Å². The number of benzene rings is 1. The third kappa shape index (κ3) is 6.23. The lowest BCUT2D eigenvalue weighted by atomic mass is 10.2. The minimum Gasteiger partial charge on any atom is -0.493 e. The van der Waals surface area contributed by atoms with Crippen LogP contribution in [0.4, 0.5) is 0 Å². The molecule has 0 bridgehead atoms. The number of aliphatic hydroxyl groups is 1. The minimum absolute atomic E-state index is 0.00173. The molecule has 0 radical (unpaired) electrons. The molecule has 0 fully saturated rings. The van der Waals surface area contributed by atoms with E-state index in [1.165, 1.54) is 0 Å². The Labute approximate surface area is 121 Å². The van der Waals surface area contributed by atoms with Gasteiger partial charge >= 0.3 is 0 Å². The van der Waals surface area contributed by atoms with Crippen LogP contribution < -0.4 is 20.1 Å². The highest BCUT2D eigenvalue weighted by molar-refractivity contribution is 5.42. The highest BCUT2D eigenvalue weighted by atomic mass is 16.5. The van der Waals surface area contributed by atoms with Crippen LogP contribution in [0.1, 0.15) is 18.9 Å². The molecule has 0 aliphatic heterocycles. The molecule has 0 aliphatic rings. The number of rotatable bonds is 11. The van der Waals surface area contributed by atoms with Crippen LogP contribution in [0, 0.1) is 0 Å². The Morgan fingerprint density at radius 2 is 1.95 bits per heavy atom. The van der Waals surface area contributed by atoms with Gasteiger partial charge in [0.05, 0.1) is 13.7 Å². The van der Waals surface area contributed by atoms with Crippen molar-refractivity contribution in [1.29, 1.82) is 0 Å². The number of methoxy groups -OCH3 is 1. The molecule has 1 aromatic rings. The summed E-state index contributed by atoms with van der Waals surface area (Å²) in [6, 6.07) is 5.85. The third-order valence-electron chi connectivity index (χ3n) is 2.86. The van der Waals surface area contributed by atoms with Gasteiger partial charge in [-0.2, -0.15) is 0 Å². The lowest BCUT2D eigenvalue weighted by molar-refractivity contribution is 0.196. The second-order valence-electron chi connectivity index (χ2n) is 4.44. The van der Waals surface area contributed by atoms with Crippen molar-refractivity contribution in [3.8, 4) is 11.5 Å². The van der Waals surface area contributed by atoms with Crippen molar-refractivity contribution < 1.29 is 14.6 Å². The van der Waals surface area contributed by atoms with E-state index in [0.717, 1.165) is 38.2 Å². The van der Waals surface area contributed by atoms with Gasteiger partial charge in [0.25, 0.3) is 0 Å². The summed E-state index contributed by atoms with van der Waals surface area (Å²) < 4.78 is 10.7. The zero-order valence-electron chi connectivity index (χ0n) is 12.4. The fraction of sp³-hybridized carbons (Fsp3) is 0.600. The average Bonchev–Trinajstić information content (AvgIpc) is 2.49. The predicted octanol–water partition coefficient (Wildman–Crippen LogP) is 1.16. The van der Waals surface area contributed by atoms with Gasteiger partial charge in [0, 0.05) is 6.54 Å². The van der Waals surface area contributed by atoms with Gasteiger partial charge in [0.15, 0.2) is 11.5 Å². The largest absolute Gasteiger partial charge is 0.493 e. The highest BCUT2D eigenvalue weighted by Crippen LogP contribution is 2.27. The van der Waals surface area contributed by atoms with Gasteiger partial charge in [-0.1, -0.05) is 13.0 Å². The number of hydrogen-bond donors (Lipinski definition) is 3. The van der Waals surface area contributed by atoms with E-state index in [4.69, 9.17) is 14.6 Å². The topological polar surface area (TPSA) is 62.8 Å². The number of hydrogen-bond acceptors (Lipinski definition) is 5. The maximum Gasteiger partial charge on any atom is 0.161 e. The smallest absolute Gasteiger partial charge is 0.161 e. The summed E-state index contributed by atoms with van der Waals surface area (Å²) in [5, 5.41) is 15.5. The predicted molar refractivity (Wildman–Crippen MR) is 80.4 cm³/mol. The molecule has 1 aromatic carbocycles. The first-order chi connectivity index (χ1) is 9.81. The Kier molecular flexibility index (Phi) is 8.78. The third-order valence-corrected chi connectivity index (χ3v) is 2.86. The van der Waals surface area contributed by atoms with E-state index in [9.17, 15) is 0 Å². The normalized spacial score (nSPS) is 10.6. The summed E-state index contributed by atoms with van der Waals surface area (Å²) in [5.41, 5.74) is 1.15. The van der Waals surface area contributed by atoms with E-state index < -0.39 is 0 Å². The number of ether oxygens (including phenoxy) is 2. The quantitative estimate of drug-likeness (QED) is 0.532. The molecule has 0 saturated carbocycles. The van der Waals surface area contributed by atoms with Crippen molar-refractivity contribution in [3.05, 3.63) is 23.8 Å². The molecule has 0 unspecified atom stereocenters. The summed E-state index contributed by atoms with van der Waals surface area (Å²) in [7, 11) is 1.62. The zero-order chi connectivity index (χ0) is 14.6. The average molecular weight is 282 g/mol. The van der Waals surface area contributed by atoms with Crippen molar-refractivity contribution in [2.24, 2.45) is 0 Å². The van der Waals surface area contributed by atoms with Gasteiger partial charge < -0.3 is 25.2 Å². The van der Waals surface area contributed by atoms with Gasteiger partial charge in [-0.05, 0) is 43.8 Å². The molecule has 0 spiro atoms. The molecule has 0 atom stereocenters. The molecule has 20 heavy (non-hydrogen) atoms. The van der Waals surface area contributed by atoms with Crippen LogP contribution in [-0.2, 0) is 6.54 Å². The summed E-state index contributed by atoms with van der Waals surface area (Å²) in [5.74, 6) is 1.36. The standard InChI is InChI=1S/C15H26N2O3/c1-3-16-7-4-8-17-12-13-5-6-14(20-10-9-18)15(11-13)19-2/h5-6,11,16-18H,3-4,7-10,12H2,1-2H3. The molecule has 5 heteroatoms. The van der Waals surface area contributed by atoms with Crippen molar-refractivity contribution >= 4 is 0 Å². The molecule has 0 aliphatic carbocycles. The highest BCUT2D eigenvalue weighted by Gasteiger charge is 2.05. The summed E-state index contributed by atoms with van der Waals surface area (Å²) in [4.78, 5) is 0. The monoisotopic (exact) mass is 282 g/mol. The molecular formula is C15H26N2O3. The first-order valence-electron chi connectivity index (χ1n) is 7.13. The molecule has 3 N–H and O–H groups in total. The van der Waals surface area contributed by atoms with E-state index in [0.29, 0.717) is 11.5 Å². The first kappa shape index (κ1) is 16.8. The van der Waals surface area contributed by atoms with Gasteiger partial charge in [-0.25, -0.2) is 0 Å².